The van der Waals surface area contributed by atoms with Crippen molar-refractivity contribution in [2.45, 2.75) is 38.8 Å². The van der Waals surface area contributed by atoms with Crippen LogP contribution in [0.2, 0.25) is 0 Å². The van der Waals surface area contributed by atoms with Gasteiger partial charge in [0.05, 0.1) is 0 Å². The number of hydrogen-bond donors (Lipinski definition) is 3. The molecule has 0 aliphatic carbocycles. The lowest BCUT2D eigenvalue weighted by Gasteiger charge is -2.22. The molecule has 4 N–H and O–H groups in total. The molecule has 0 fully saturated rings. The van der Waals surface area contributed by atoms with E-state index in [1.54, 1.807) is 0 Å². The van der Waals surface area contributed by atoms with Gasteiger partial charge in [0.15, 0.2) is 0 Å². The first-order chi connectivity index (χ1) is 5.76. The molecule has 74 valence electrons. The highest BCUT2D eigenvalue weighted by atomic mass is 15.0. The zero-order chi connectivity index (χ0) is 9.40. The van der Waals surface area contributed by atoms with Crippen LogP contribution in [0.1, 0.15) is 26.7 Å². The van der Waals surface area contributed by atoms with E-state index in [0.717, 1.165) is 25.9 Å². The Morgan fingerprint density at radius 2 is 1.83 bits per heavy atom. The Morgan fingerprint density at radius 1 is 1.17 bits per heavy atom. The van der Waals surface area contributed by atoms with Crippen molar-refractivity contribution >= 4 is 0 Å². The van der Waals surface area contributed by atoms with Crippen molar-refractivity contribution < 1.29 is 0 Å². The topological polar surface area (TPSA) is 50.1 Å². The molecule has 0 aromatic carbocycles. The fraction of sp³-hybridized carbons (Fsp3) is 1.00. The van der Waals surface area contributed by atoms with Gasteiger partial charge in [0, 0.05) is 25.2 Å². The largest absolute Gasteiger partial charge is 0.326 e. The van der Waals surface area contributed by atoms with Gasteiger partial charge in [0.1, 0.15) is 0 Å². The van der Waals surface area contributed by atoms with Crippen molar-refractivity contribution in [2.24, 2.45) is 5.73 Å². The van der Waals surface area contributed by atoms with Gasteiger partial charge in [-0.3, -0.25) is 0 Å². The van der Waals surface area contributed by atoms with Crippen molar-refractivity contribution in [1.82, 2.24) is 10.6 Å². The molecule has 0 heterocycles. The van der Waals surface area contributed by atoms with Gasteiger partial charge in [-0.25, -0.2) is 0 Å². The molecule has 0 aromatic rings. The van der Waals surface area contributed by atoms with E-state index in [-0.39, 0.29) is 0 Å². The van der Waals surface area contributed by atoms with Crippen LogP contribution in [0.15, 0.2) is 0 Å². The van der Waals surface area contributed by atoms with Crippen molar-refractivity contribution in [3.05, 3.63) is 0 Å². The van der Waals surface area contributed by atoms with Gasteiger partial charge in [-0.15, -0.1) is 0 Å². The number of hydrogen-bond acceptors (Lipinski definition) is 3. The van der Waals surface area contributed by atoms with E-state index in [1.165, 1.54) is 0 Å². The Balaban J connectivity index is 3.52. The molecule has 0 saturated heterocycles. The Morgan fingerprint density at radius 3 is 2.25 bits per heavy atom. The third-order valence-electron chi connectivity index (χ3n) is 2.21. The second-order valence-corrected chi connectivity index (χ2v) is 3.14. The summed E-state index contributed by atoms with van der Waals surface area (Å²) in [7, 11) is 1.96. The lowest BCUT2D eigenvalue weighted by Crippen LogP contribution is -2.46. The summed E-state index contributed by atoms with van der Waals surface area (Å²) in [5, 5.41) is 6.53. The normalized spacial score (nSPS) is 16.0. The van der Waals surface area contributed by atoms with E-state index >= 15 is 0 Å². The summed E-state index contributed by atoms with van der Waals surface area (Å²) in [5.41, 5.74) is 5.93. The molecule has 2 unspecified atom stereocenters. The minimum absolute atomic E-state index is 0.298. The predicted molar refractivity (Wildman–Crippen MR) is 54.3 cm³/mol. The van der Waals surface area contributed by atoms with Crippen LogP contribution in [0.4, 0.5) is 0 Å². The standard InChI is InChI=1S/C9H23N3/c1-4-8(10)9(5-2)12-7-6-11-3/h8-9,11-12H,4-7,10H2,1-3H3. The van der Waals surface area contributed by atoms with Crippen LogP contribution in [0.25, 0.3) is 0 Å². The predicted octanol–water partition coefficient (Wildman–Crippen LogP) is 0.311. The fourth-order valence-corrected chi connectivity index (χ4v) is 1.27. The van der Waals surface area contributed by atoms with Crippen LogP contribution in [0.3, 0.4) is 0 Å². The quantitative estimate of drug-likeness (QED) is 0.486. The molecule has 0 spiro atoms. The molecule has 0 radical (unpaired) electrons. The van der Waals surface area contributed by atoms with Gasteiger partial charge in [0.2, 0.25) is 0 Å². The number of nitrogens with one attached hydrogen (secondary N) is 2. The minimum atomic E-state index is 0.298. The lowest BCUT2D eigenvalue weighted by atomic mass is 10.0. The molecule has 3 nitrogen and oxygen atoms in total. The van der Waals surface area contributed by atoms with Gasteiger partial charge in [-0.2, -0.15) is 0 Å². The highest BCUT2D eigenvalue weighted by molar-refractivity contribution is 4.76. The summed E-state index contributed by atoms with van der Waals surface area (Å²) < 4.78 is 0. The maximum absolute atomic E-state index is 5.93. The molecule has 0 saturated carbocycles. The Kier molecular flexibility index (Phi) is 7.45. The molecule has 0 amide bonds. The SMILES string of the molecule is CCC(N)C(CC)NCCNC. The smallest absolute Gasteiger partial charge is 0.0216 e. The monoisotopic (exact) mass is 173 g/mol. The third kappa shape index (κ3) is 4.70. The molecule has 12 heavy (non-hydrogen) atoms. The maximum atomic E-state index is 5.93. The van der Waals surface area contributed by atoms with Crippen LogP contribution in [-0.4, -0.2) is 32.2 Å². The Bertz CT molecular complexity index is 95.8. The average molecular weight is 173 g/mol. The fourth-order valence-electron chi connectivity index (χ4n) is 1.27. The Labute approximate surface area is 76.1 Å². The summed E-state index contributed by atoms with van der Waals surface area (Å²) in [6.07, 6.45) is 2.16. The molecule has 0 aliphatic rings. The molecule has 3 heteroatoms. The van der Waals surface area contributed by atoms with Crippen molar-refractivity contribution in [3.63, 3.8) is 0 Å². The summed E-state index contributed by atoms with van der Waals surface area (Å²) in [6.45, 7) is 6.31. The highest BCUT2D eigenvalue weighted by Crippen LogP contribution is 1.99. The van der Waals surface area contributed by atoms with Crippen LogP contribution < -0.4 is 16.4 Å². The first kappa shape index (κ1) is 11.9. The molecule has 0 bridgehead atoms. The van der Waals surface area contributed by atoms with Gasteiger partial charge in [-0.05, 0) is 19.9 Å². The number of nitrogens with two attached hydrogens (primary N) is 1. The number of likely N-dealkylation sites (N-methyl/N-ethyl adjacent to an activating group) is 1. The first-order valence-electron chi connectivity index (χ1n) is 4.89. The van der Waals surface area contributed by atoms with Gasteiger partial charge in [0.25, 0.3) is 0 Å². The second kappa shape index (κ2) is 7.53. The summed E-state index contributed by atoms with van der Waals surface area (Å²) in [4.78, 5) is 0. The Hall–Kier alpha value is -0.120. The summed E-state index contributed by atoms with van der Waals surface area (Å²) >= 11 is 0. The zero-order valence-corrected chi connectivity index (χ0v) is 8.56. The van der Waals surface area contributed by atoms with Gasteiger partial charge < -0.3 is 16.4 Å². The van der Waals surface area contributed by atoms with Crippen molar-refractivity contribution in [3.8, 4) is 0 Å². The minimum Gasteiger partial charge on any atom is -0.326 e. The van der Waals surface area contributed by atoms with Crippen molar-refractivity contribution in [2.75, 3.05) is 20.1 Å². The van der Waals surface area contributed by atoms with Gasteiger partial charge >= 0.3 is 0 Å². The van der Waals surface area contributed by atoms with E-state index in [2.05, 4.69) is 24.5 Å². The zero-order valence-electron chi connectivity index (χ0n) is 8.56. The van der Waals surface area contributed by atoms with E-state index in [0.29, 0.717) is 12.1 Å². The van der Waals surface area contributed by atoms with E-state index in [1.807, 2.05) is 7.05 Å². The van der Waals surface area contributed by atoms with Crippen LogP contribution >= 0.6 is 0 Å². The molecule has 0 aromatic heterocycles. The van der Waals surface area contributed by atoms with Gasteiger partial charge in [-0.1, -0.05) is 13.8 Å². The average Bonchev–Trinajstić information content (AvgIpc) is 2.11. The van der Waals surface area contributed by atoms with Crippen LogP contribution in [0.5, 0.6) is 0 Å². The van der Waals surface area contributed by atoms with E-state index in [9.17, 15) is 0 Å². The maximum Gasteiger partial charge on any atom is 0.0216 e. The van der Waals surface area contributed by atoms with Crippen LogP contribution in [0, 0.1) is 0 Å². The third-order valence-corrected chi connectivity index (χ3v) is 2.21. The molecular weight excluding hydrogens is 150 g/mol. The second-order valence-electron chi connectivity index (χ2n) is 3.14. The summed E-state index contributed by atoms with van der Waals surface area (Å²) in [6, 6.07) is 0.773. The molecule has 0 rings (SSSR count). The lowest BCUT2D eigenvalue weighted by molar-refractivity contribution is 0.410. The molecule has 0 aliphatic heterocycles. The number of rotatable bonds is 7. The highest BCUT2D eigenvalue weighted by Gasteiger charge is 2.11. The van der Waals surface area contributed by atoms with Crippen molar-refractivity contribution in [1.29, 1.82) is 0 Å². The van der Waals surface area contributed by atoms with E-state index in [4.69, 9.17) is 5.73 Å². The molecule has 2 atom stereocenters. The first-order valence-corrected chi connectivity index (χ1v) is 4.89. The summed E-state index contributed by atoms with van der Waals surface area (Å²) in [5.74, 6) is 0. The van der Waals surface area contributed by atoms with E-state index < -0.39 is 0 Å². The van der Waals surface area contributed by atoms with Crippen LogP contribution in [-0.2, 0) is 0 Å². The molecular formula is C9H23N3.